The molecule has 0 saturated carbocycles. The minimum absolute atomic E-state index is 0.207. The first-order valence-electron chi connectivity index (χ1n) is 8.04. The molecule has 1 amide bonds. The average molecular weight is 482 g/mol. The number of carbonyl (C=O) groups excluding carboxylic acids is 1. The van der Waals surface area contributed by atoms with Gasteiger partial charge in [0.1, 0.15) is 5.75 Å². The molecule has 0 spiro atoms. The normalized spacial score (nSPS) is 11.4. The highest BCUT2D eigenvalue weighted by Gasteiger charge is 2.18. The second kappa shape index (κ2) is 8.84. The molecule has 11 heteroatoms. The van der Waals surface area contributed by atoms with Crippen molar-refractivity contribution < 1.29 is 13.2 Å². The van der Waals surface area contributed by atoms with E-state index in [0.717, 1.165) is 4.47 Å². The van der Waals surface area contributed by atoms with Gasteiger partial charge in [0.2, 0.25) is 11.1 Å². The Kier molecular flexibility index (Phi) is 6.47. The van der Waals surface area contributed by atoms with Crippen molar-refractivity contribution in [1.82, 2.24) is 20.2 Å². The third-order valence-electron chi connectivity index (χ3n) is 3.62. The average Bonchev–Trinajstić information content (AvgIpc) is 3.09. The maximum Gasteiger partial charge on any atom is 0.239 e. The van der Waals surface area contributed by atoms with E-state index in [1.165, 1.54) is 16.4 Å². The van der Waals surface area contributed by atoms with Gasteiger partial charge in [0, 0.05) is 10.2 Å². The summed E-state index contributed by atoms with van der Waals surface area (Å²) >= 11 is 4.69. The molecule has 3 aromatic rings. The Balaban J connectivity index is 1.68. The molecule has 146 valence electrons. The van der Waals surface area contributed by atoms with Gasteiger partial charge in [-0.1, -0.05) is 45.9 Å². The van der Waals surface area contributed by atoms with Gasteiger partial charge in [0.05, 0.1) is 11.4 Å². The molecule has 0 aliphatic rings. The van der Waals surface area contributed by atoms with Crippen molar-refractivity contribution in [2.24, 2.45) is 0 Å². The number of nitrogens with zero attached hydrogens (tertiary/aromatic N) is 4. The Morgan fingerprint density at radius 2 is 2.00 bits per heavy atom. The van der Waals surface area contributed by atoms with Crippen LogP contribution in [0.5, 0.6) is 0 Å². The minimum Gasteiger partial charge on any atom is -0.325 e. The van der Waals surface area contributed by atoms with Crippen molar-refractivity contribution in [2.75, 3.05) is 17.3 Å². The number of sulfone groups is 1. The summed E-state index contributed by atoms with van der Waals surface area (Å²) in [6.07, 6.45) is 1.85. The Labute approximate surface area is 174 Å². The molecule has 0 aliphatic carbocycles. The number of halogens is 1. The van der Waals surface area contributed by atoms with Crippen LogP contribution in [-0.2, 0) is 20.4 Å². The first kappa shape index (κ1) is 20.5. The maximum atomic E-state index is 12.3. The largest absolute Gasteiger partial charge is 0.325 e. The smallest absolute Gasteiger partial charge is 0.239 e. The van der Waals surface area contributed by atoms with E-state index < -0.39 is 21.5 Å². The van der Waals surface area contributed by atoms with Crippen molar-refractivity contribution in [3.05, 3.63) is 58.6 Å². The molecule has 2 aromatic carbocycles. The Morgan fingerprint density at radius 1 is 1.21 bits per heavy atom. The lowest BCUT2D eigenvalue weighted by atomic mass is 10.2. The molecule has 0 saturated heterocycles. The Bertz CT molecular complexity index is 1100. The summed E-state index contributed by atoms with van der Waals surface area (Å²) in [4.78, 5) is 12.3. The van der Waals surface area contributed by atoms with Crippen molar-refractivity contribution in [3.63, 3.8) is 0 Å². The van der Waals surface area contributed by atoms with Crippen LogP contribution in [0.2, 0.25) is 0 Å². The van der Waals surface area contributed by atoms with Crippen LogP contribution in [0.3, 0.4) is 0 Å². The molecule has 1 aromatic heterocycles. The second-order valence-electron chi connectivity index (χ2n) is 5.84. The number of carbonyl (C=O) groups is 1. The van der Waals surface area contributed by atoms with Crippen LogP contribution < -0.4 is 5.32 Å². The van der Waals surface area contributed by atoms with Crippen LogP contribution in [0, 0.1) is 0 Å². The first-order valence-corrected chi connectivity index (χ1v) is 11.9. The molecule has 0 unspecified atom stereocenters. The summed E-state index contributed by atoms with van der Waals surface area (Å²) in [5, 5.41) is 14.6. The zero-order valence-electron chi connectivity index (χ0n) is 14.7. The molecule has 8 nitrogen and oxygen atoms in total. The summed E-state index contributed by atoms with van der Waals surface area (Å²) < 4.78 is 27.0. The summed E-state index contributed by atoms with van der Waals surface area (Å²) in [7, 11) is -3.61. The number of aromatic nitrogens is 4. The molecule has 1 heterocycles. The standard InChI is InChI=1S/C17H16BrN5O3S2/c1-27-17-20-21-22-23(17)15-7-3-6-14(9-15)19-16(24)11-28(25,26)10-12-4-2-5-13(18)8-12/h2-9H,10-11H2,1H3,(H,19,24). The zero-order chi connectivity index (χ0) is 20.1. The van der Waals surface area contributed by atoms with Crippen LogP contribution >= 0.6 is 27.7 Å². The fraction of sp³-hybridized carbons (Fsp3) is 0.176. The number of benzene rings is 2. The maximum absolute atomic E-state index is 12.3. The molecular formula is C17H16BrN5O3S2. The van der Waals surface area contributed by atoms with Crippen molar-refractivity contribution in [3.8, 4) is 5.69 Å². The van der Waals surface area contributed by atoms with Crippen LogP contribution in [0.1, 0.15) is 5.56 Å². The number of thioether (sulfide) groups is 1. The van der Waals surface area contributed by atoms with Crippen molar-refractivity contribution in [2.45, 2.75) is 10.9 Å². The van der Waals surface area contributed by atoms with E-state index in [2.05, 4.69) is 36.8 Å². The monoisotopic (exact) mass is 481 g/mol. The van der Waals surface area contributed by atoms with E-state index in [0.29, 0.717) is 22.1 Å². The lowest BCUT2D eigenvalue weighted by Gasteiger charge is -2.09. The summed E-state index contributed by atoms with van der Waals surface area (Å²) in [5.74, 6) is -1.42. The van der Waals surface area contributed by atoms with E-state index in [-0.39, 0.29) is 5.75 Å². The predicted molar refractivity (Wildman–Crippen MR) is 111 cm³/mol. The molecule has 0 aliphatic heterocycles. The van der Waals surface area contributed by atoms with E-state index in [9.17, 15) is 13.2 Å². The Hall–Kier alpha value is -2.24. The zero-order valence-corrected chi connectivity index (χ0v) is 18.0. The number of rotatable bonds is 7. The van der Waals surface area contributed by atoms with Crippen LogP contribution in [0.4, 0.5) is 5.69 Å². The predicted octanol–water partition coefficient (Wildman–Crippen LogP) is 2.70. The lowest BCUT2D eigenvalue weighted by Crippen LogP contribution is -2.24. The van der Waals surface area contributed by atoms with Gasteiger partial charge >= 0.3 is 0 Å². The van der Waals surface area contributed by atoms with Gasteiger partial charge in [-0.15, -0.1) is 5.10 Å². The van der Waals surface area contributed by atoms with Crippen LogP contribution in [0.25, 0.3) is 5.69 Å². The number of hydrogen-bond acceptors (Lipinski definition) is 7. The van der Waals surface area contributed by atoms with E-state index >= 15 is 0 Å². The number of nitrogens with one attached hydrogen (secondary N) is 1. The van der Waals surface area contributed by atoms with Gasteiger partial charge < -0.3 is 5.32 Å². The van der Waals surface area contributed by atoms with Crippen LogP contribution in [0.15, 0.2) is 58.2 Å². The van der Waals surface area contributed by atoms with Gasteiger partial charge in [-0.05, 0) is 52.6 Å². The molecule has 1 N–H and O–H groups in total. The SMILES string of the molecule is CSc1nnnn1-c1cccc(NC(=O)CS(=O)(=O)Cc2cccc(Br)c2)c1. The summed E-state index contributed by atoms with van der Waals surface area (Å²) in [6, 6.07) is 13.8. The topological polar surface area (TPSA) is 107 Å². The highest BCUT2D eigenvalue weighted by atomic mass is 79.9. The van der Waals surface area contributed by atoms with E-state index in [4.69, 9.17) is 0 Å². The van der Waals surface area contributed by atoms with Gasteiger partial charge in [-0.25, -0.2) is 8.42 Å². The number of hydrogen-bond donors (Lipinski definition) is 1. The summed E-state index contributed by atoms with van der Waals surface area (Å²) in [5.41, 5.74) is 1.74. The first-order chi connectivity index (χ1) is 13.4. The lowest BCUT2D eigenvalue weighted by molar-refractivity contribution is -0.113. The second-order valence-corrected chi connectivity index (χ2v) is 9.59. The van der Waals surface area contributed by atoms with Gasteiger partial charge in [0.25, 0.3) is 0 Å². The quantitative estimate of drug-likeness (QED) is 0.516. The number of anilines is 1. The molecule has 0 fully saturated rings. The van der Waals surface area contributed by atoms with E-state index in [1.54, 1.807) is 42.5 Å². The highest BCUT2D eigenvalue weighted by Crippen LogP contribution is 2.19. The van der Waals surface area contributed by atoms with Crippen LogP contribution in [-0.4, -0.2) is 46.5 Å². The minimum atomic E-state index is -3.61. The highest BCUT2D eigenvalue weighted by molar-refractivity contribution is 9.10. The Morgan fingerprint density at radius 3 is 2.75 bits per heavy atom. The summed E-state index contributed by atoms with van der Waals surface area (Å²) in [6.45, 7) is 0. The molecule has 0 bridgehead atoms. The van der Waals surface area contributed by atoms with Gasteiger partial charge in [-0.2, -0.15) is 4.68 Å². The molecule has 0 radical (unpaired) electrons. The number of tetrazole rings is 1. The fourth-order valence-corrected chi connectivity index (χ4v) is 4.65. The number of amides is 1. The van der Waals surface area contributed by atoms with Crippen molar-refractivity contribution in [1.29, 1.82) is 0 Å². The third kappa shape index (κ3) is 5.40. The fourth-order valence-electron chi connectivity index (χ4n) is 2.51. The third-order valence-corrected chi connectivity index (χ3v) is 6.21. The van der Waals surface area contributed by atoms with Gasteiger partial charge in [0.15, 0.2) is 9.84 Å². The van der Waals surface area contributed by atoms with Gasteiger partial charge in [-0.3, -0.25) is 4.79 Å². The molecule has 0 atom stereocenters. The van der Waals surface area contributed by atoms with Crippen molar-refractivity contribution >= 4 is 49.1 Å². The molecule has 28 heavy (non-hydrogen) atoms. The molecular weight excluding hydrogens is 466 g/mol. The molecule has 3 rings (SSSR count). The van der Waals surface area contributed by atoms with E-state index in [1.807, 2.05) is 12.3 Å².